The van der Waals surface area contributed by atoms with Gasteiger partial charge in [0.1, 0.15) is 18.2 Å². The molecule has 0 atom stereocenters. The third-order valence-electron chi connectivity index (χ3n) is 3.95. The van der Waals surface area contributed by atoms with Gasteiger partial charge in [0, 0.05) is 32.2 Å². The number of aromatic nitrogens is 2. The molecule has 0 spiro atoms. The fourth-order valence-electron chi connectivity index (χ4n) is 2.70. The first kappa shape index (κ1) is 15.0. The summed E-state index contributed by atoms with van der Waals surface area (Å²) >= 11 is 0. The number of methoxy groups -OCH3 is 1. The van der Waals surface area contributed by atoms with E-state index in [1.54, 1.807) is 7.11 Å². The van der Waals surface area contributed by atoms with Crippen molar-refractivity contribution < 1.29 is 9.84 Å². The minimum absolute atomic E-state index is 0.00613. The molecule has 6 nitrogen and oxygen atoms in total. The third kappa shape index (κ3) is 3.58. The molecule has 1 fully saturated rings. The van der Waals surface area contributed by atoms with Crippen molar-refractivity contribution in [3.63, 3.8) is 0 Å². The van der Waals surface area contributed by atoms with Gasteiger partial charge in [-0.05, 0) is 12.8 Å². The lowest BCUT2D eigenvalue weighted by molar-refractivity contribution is 0.142. The van der Waals surface area contributed by atoms with Crippen molar-refractivity contribution >= 4 is 11.6 Å². The first-order chi connectivity index (χ1) is 9.71. The summed E-state index contributed by atoms with van der Waals surface area (Å²) in [7, 11) is 3.46. The van der Waals surface area contributed by atoms with Crippen LogP contribution in [-0.4, -0.2) is 42.4 Å². The minimum atomic E-state index is 0.00613. The van der Waals surface area contributed by atoms with Crippen molar-refractivity contribution in [2.24, 2.45) is 5.41 Å². The minimum Gasteiger partial charge on any atom is -0.396 e. The van der Waals surface area contributed by atoms with E-state index in [-0.39, 0.29) is 12.0 Å². The third-order valence-corrected chi connectivity index (χ3v) is 3.95. The lowest BCUT2D eigenvalue weighted by Gasteiger charge is -2.27. The van der Waals surface area contributed by atoms with E-state index in [0.717, 1.165) is 31.0 Å². The van der Waals surface area contributed by atoms with E-state index in [2.05, 4.69) is 20.6 Å². The van der Waals surface area contributed by atoms with Crippen LogP contribution in [0.5, 0.6) is 0 Å². The summed E-state index contributed by atoms with van der Waals surface area (Å²) in [5.41, 5.74) is 0.00613. The summed E-state index contributed by atoms with van der Waals surface area (Å²) in [6.07, 6.45) is 4.54. The number of anilines is 2. The summed E-state index contributed by atoms with van der Waals surface area (Å²) in [5, 5.41) is 16.0. The zero-order valence-corrected chi connectivity index (χ0v) is 12.3. The van der Waals surface area contributed by atoms with Crippen LogP contribution in [0.3, 0.4) is 0 Å². The van der Waals surface area contributed by atoms with Gasteiger partial charge in [-0.25, -0.2) is 9.97 Å². The average Bonchev–Trinajstić information content (AvgIpc) is 2.95. The Hall–Kier alpha value is -1.40. The van der Waals surface area contributed by atoms with Crippen LogP contribution in [0.2, 0.25) is 0 Å². The molecule has 0 aromatic carbocycles. The van der Waals surface area contributed by atoms with Crippen LogP contribution in [0.4, 0.5) is 11.6 Å². The van der Waals surface area contributed by atoms with E-state index in [1.165, 1.54) is 12.8 Å². The number of nitrogens with zero attached hydrogens (tertiary/aromatic N) is 2. The van der Waals surface area contributed by atoms with Crippen molar-refractivity contribution in [1.29, 1.82) is 0 Å². The van der Waals surface area contributed by atoms with Gasteiger partial charge < -0.3 is 20.5 Å². The summed E-state index contributed by atoms with van der Waals surface area (Å²) in [5.74, 6) is 2.18. The second-order valence-corrected chi connectivity index (χ2v) is 5.46. The number of hydrogen-bond donors (Lipinski definition) is 3. The highest BCUT2D eigenvalue weighted by atomic mass is 16.5. The number of ether oxygens (including phenoxy) is 1. The largest absolute Gasteiger partial charge is 0.396 e. The van der Waals surface area contributed by atoms with Gasteiger partial charge >= 0.3 is 0 Å². The molecule has 0 saturated heterocycles. The van der Waals surface area contributed by atoms with Crippen LogP contribution in [-0.2, 0) is 11.3 Å². The Kier molecular flexibility index (Phi) is 5.14. The first-order valence-electron chi connectivity index (χ1n) is 7.11. The second-order valence-electron chi connectivity index (χ2n) is 5.46. The standard InChI is InChI=1S/C14H24N4O2/c1-15-11-7-12(18-13(17-11)8-20-2)16-9-14(10-19)5-3-4-6-14/h7,19H,3-6,8-10H2,1-2H3,(H2,15,16,17,18). The molecule has 20 heavy (non-hydrogen) atoms. The van der Waals surface area contributed by atoms with Crippen molar-refractivity contribution in [3.05, 3.63) is 11.9 Å². The van der Waals surface area contributed by atoms with Crippen molar-refractivity contribution in [2.45, 2.75) is 32.3 Å². The Morgan fingerprint density at radius 2 is 2.00 bits per heavy atom. The Bertz CT molecular complexity index is 433. The predicted molar refractivity (Wildman–Crippen MR) is 78.8 cm³/mol. The molecule has 6 heteroatoms. The Morgan fingerprint density at radius 1 is 1.30 bits per heavy atom. The second kappa shape index (κ2) is 6.85. The maximum Gasteiger partial charge on any atom is 0.158 e. The van der Waals surface area contributed by atoms with Crippen molar-refractivity contribution in [3.8, 4) is 0 Å². The topological polar surface area (TPSA) is 79.3 Å². The van der Waals surface area contributed by atoms with Crippen LogP contribution < -0.4 is 10.6 Å². The molecular weight excluding hydrogens is 256 g/mol. The highest BCUT2D eigenvalue weighted by molar-refractivity contribution is 5.47. The summed E-state index contributed by atoms with van der Waals surface area (Å²) in [4.78, 5) is 8.75. The number of hydrogen-bond acceptors (Lipinski definition) is 6. The van der Waals surface area contributed by atoms with Gasteiger partial charge in [-0.1, -0.05) is 12.8 Å². The molecule has 1 saturated carbocycles. The SMILES string of the molecule is CNc1cc(NCC2(CO)CCCC2)nc(COC)n1. The van der Waals surface area contributed by atoms with Gasteiger partial charge in [-0.15, -0.1) is 0 Å². The Labute approximate surface area is 120 Å². The molecule has 2 rings (SSSR count). The Morgan fingerprint density at radius 3 is 2.60 bits per heavy atom. The maximum absolute atomic E-state index is 9.63. The molecule has 0 bridgehead atoms. The van der Waals surface area contributed by atoms with Gasteiger partial charge in [-0.2, -0.15) is 0 Å². The number of rotatable bonds is 7. The zero-order valence-electron chi connectivity index (χ0n) is 12.3. The van der Waals surface area contributed by atoms with Gasteiger partial charge in [0.25, 0.3) is 0 Å². The fourth-order valence-corrected chi connectivity index (χ4v) is 2.70. The van der Waals surface area contributed by atoms with E-state index in [9.17, 15) is 5.11 Å². The predicted octanol–water partition coefficient (Wildman–Crippen LogP) is 1.63. The van der Waals surface area contributed by atoms with Crippen LogP contribution in [0, 0.1) is 5.41 Å². The molecule has 0 aliphatic heterocycles. The number of nitrogens with one attached hydrogen (secondary N) is 2. The summed E-state index contributed by atoms with van der Waals surface area (Å²) in [6, 6.07) is 1.87. The lowest BCUT2D eigenvalue weighted by atomic mass is 9.87. The Balaban J connectivity index is 2.06. The van der Waals surface area contributed by atoms with E-state index in [0.29, 0.717) is 12.4 Å². The smallest absolute Gasteiger partial charge is 0.158 e. The quantitative estimate of drug-likeness (QED) is 0.704. The van der Waals surface area contributed by atoms with Crippen molar-refractivity contribution in [1.82, 2.24) is 9.97 Å². The molecule has 1 aromatic heterocycles. The molecular formula is C14H24N4O2. The molecule has 112 valence electrons. The normalized spacial score (nSPS) is 17.1. The van der Waals surface area contributed by atoms with Gasteiger partial charge in [0.05, 0.1) is 6.61 Å². The van der Waals surface area contributed by atoms with E-state index >= 15 is 0 Å². The summed E-state index contributed by atoms with van der Waals surface area (Å²) in [6.45, 7) is 1.36. The zero-order chi connectivity index (χ0) is 14.4. The molecule has 1 heterocycles. The molecule has 0 radical (unpaired) electrons. The van der Waals surface area contributed by atoms with E-state index < -0.39 is 0 Å². The molecule has 1 aliphatic carbocycles. The maximum atomic E-state index is 9.63. The highest BCUT2D eigenvalue weighted by Gasteiger charge is 2.33. The number of aliphatic hydroxyl groups is 1. The molecule has 0 unspecified atom stereocenters. The van der Waals surface area contributed by atoms with Crippen LogP contribution in [0.15, 0.2) is 6.07 Å². The fraction of sp³-hybridized carbons (Fsp3) is 0.714. The molecule has 1 aromatic rings. The molecule has 3 N–H and O–H groups in total. The molecule has 1 aliphatic rings. The average molecular weight is 280 g/mol. The highest BCUT2D eigenvalue weighted by Crippen LogP contribution is 2.37. The first-order valence-corrected chi connectivity index (χ1v) is 7.11. The van der Waals surface area contributed by atoms with Crippen LogP contribution in [0.25, 0.3) is 0 Å². The van der Waals surface area contributed by atoms with Gasteiger partial charge in [0.15, 0.2) is 5.82 Å². The van der Waals surface area contributed by atoms with Gasteiger partial charge in [-0.3, -0.25) is 0 Å². The molecule has 0 amide bonds. The van der Waals surface area contributed by atoms with E-state index in [4.69, 9.17) is 4.74 Å². The van der Waals surface area contributed by atoms with Crippen LogP contribution in [0.1, 0.15) is 31.5 Å². The lowest BCUT2D eigenvalue weighted by Crippen LogP contribution is -2.30. The summed E-state index contributed by atoms with van der Waals surface area (Å²) < 4.78 is 5.08. The number of aliphatic hydroxyl groups excluding tert-OH is 1. The van der Waals surface area contributed by atoms with Crippen molar-refractivity contribution in [2.75, 3.05) is 37.9 Å². The monoisotopic (exact) mass is 280 g/mol. The van der Waals surface area contributed by atoms with Gasteiger partial charge in [0.2, 0.25) is 0 Å². The van der Waals surface area contributed by atoms with E-state index in [1.807, 2.05) is 13.1 Å². The van der Waals surface area contributed by atoms with Crippen LogP contribution >= 0.6 is 0 Å².